The van der Waals surface area contributed by atoms with Crippen molar-refractivity contribution in [2.75, 3.05) is 0 Å². The molecular formula is C20H30O2. The smallest absolute Gasteiger partial charge is 0.139 e. The van der Waals surface area contributed by atoms with E-state index in [0.29, 0.717) is 23.0 Å². The van der Waals surface area contributed by atoms with Crippen molar-refractivity contribution in [1.29, 1.82) is 0 Å². The number of Topliss-reactive ketones (excluding diaryl/α,β-unsaturated/α-hetero) is 1. The fourth-order valence-corrected chi connectivity index (χ4v) is 7.80. The lowest BCUT2D eigenvalue weighted by Crippen LogP contribution is -2.54. The molecule has 22 heavy (non-hydrogen) atoms. The van der Waals surface area contributed by atoms with E-state index in [1.165, 1.54) is 25.7 Å². The summed E-state index contributed by atoms with van der Waals surface area (Å²) in [6, 6.07) is 0. The standard InChI is InChI=1S/C20H30O2/c1-18-8-7-16-14(15(18)5-6-17(18)21)4-3-12-10-20(22)11-13(20)9-19(12,16)2/h12-16,22H,3-11H2,1-2H3/t12-,13-,14-,15-,16-,18-,19-,20+/m0/s1. The average molecular weight is 302 g/mol. The van der Waals surface area contributed by atoms with E-state index in [-0.39, 0.29) is 11.0 Å². The predicted molar refractivity (Wildman–Crippen MR) is 85.2 cm³/mol. The van der Waals surface area contributed by atoms with Gasteiger partial charge in [-0.2, -0.15) is 0 Å². The Bertz CT molecular complexity index is 542. The van der Waals surface area contributed by atoms with Gasteiger partial charge in [0.05, 0.1) is 5.60 Å². The Labute approximate surface area is 134 Å². The van der Waals surface area contributed by atoms with Crippen LogP contribution in [0.4, 0.5) is 0 Å². The van der Waals surface area contributed by atoms with Crippen molar-refractivity contribution in [3.63, 3.8) is 0 Å². The first-order chi connectivity index (χ1) is 10.4. The first kappa shape index (κ1) is 14.0. The molecule has 8 atom stereocenters. The molecule has 0 saturated heterocycles. The van der Waals surface area contributed by atoms with Gasteiger partial charge in [0.1, 0.15) is 5.78 Å². The van der Waals surface area contributed by atoms with E-state index in [0.717, 1.165) is 49.9 Å². The summed E-state index contributed by atoms with van der Waals surface area (Å²) in [5, 5.41) is 10.6. The van der Waals surface area contributed by atoms with Crippen LogP contribution in [0.1, 0.15) is 71.6 Å². The number of carbonyl (C=O) groups excluding carboxylic acids is 1. The molecule has 2 nitrogen and oxygen atoms in total. The maximum Gasteiger partial charge on any atom is 0.139 e. The zero-order chi connectivity index (χ0) is 15.3. The fraction of sp³-hybridized carbons (Fsp3) is 0.950. The fourth-order valence-electron chi connectivity index (χ4n) is 7.80. The highest BCUT2D eigenvalue weighted by molar-refractivity contribution is 5.87. The molecule has 2 heteroatoms. The van der Waals surface area contributed by atoms with E-state index in [1.54, 1.807) is 0 Å². The summed E-state index contributed by atoms with van der Waals surface area (Å²) in [6.07, 6.45) is 10.4. The van der Waals surface area contributed by atoms with E-state index >= 15 is 0 Å². The van der Waals surface area contributed by atoms with Crippen molar-refractivity contribution in [3.05, 3.63) is 0 Å². The van der Waals surface area contributed by atoms with Crippen LogP contribution in [0.5, 0.6) is 0 Å². The predicted octanol–water partition coefficient (Wildman–Crippen LogP) is 3.96. The highest BCUT2D eigenvalue weighted by Crippen LogP contribution is 2.70. The SMILES string of the molecule is C[C@]12C[C@H]3C[C@]3(O)C[C@@H]1CC[C@@H]1[C@@H]2CC[C@]2(C)C(=O)CC[C@@H]12. The molecule has 0 radical (unpaired) electrons. The second kappa shape index (κ2) is 3.99. The largest absolute Gasteiger partial charge is 0.390 e. The van der Waals surface area contributed by atoms with Crippen molar-refractivity contribution in [2.45, 2.75) is 77.2 Å². The third kappa shape index (κ3) is 1.53. The van der Waals surface area contributed by atoms with Crippen LogP contribution in [0.25, 0.3) is 0 Å². The summed E-state index contributed by atoms with van der Waals surface area (Å²) in [4.78, 5) is 12.4. The minimum atomic E-state index is -0.274. The van der Waals surface area contributed by atoms with Crippen LogP contribution in [-0.4, -0.2) is 16.5 Å². The van der Waals surface area contributed by atoms with E-state index < -0.39 is 0 Å². The Hall–Kier alpha value is -0.370. The van der Waals surface area contributed by atoms with E-state index in [1.807, 2.05) is 0 Å². The van der Waals surface area contributed by atoms with Crippen LogP contribution in [0.15, 0.2) is 0 Å². The molecule has 5 aliphatic carbocycles. The van der Waals surface area contributed by atoms with Gasteiger partial charge in [-0.05, 0) is 86.4 Å². The number of rotatable bonds is 0. The Morgan fingerprint density at radius 1 is 0.955 bits per heavy atom. The van der Waals surface area contributed by atoms with Crippen molar-refractivity contribution in [3.8, 4) is 0 Å². The lowest BCUT2D eigenvalue weighted by atomic mass is 9.45. The van der Waals surface area contributed by atoms with Crippen molar-refractivity contribution < 1.29 is 9.90 Å². The molecule has 5 rings (SSSR count). The lowest BCUT2D eigenvalue weighted by molar-refractivity contribution is -0.143. The summed E-state index contributed by atoms with van der Waals surface area (Å²) in [5.74, 6) is 4.15. The third-order valence-electron chi connectivity index (χ3n) is 9.26. The molecule has 5 fully saturated rings. The van der Waals surface area contributed by atoms with Gasteiger partial charge in [-0.15, -0.1) is 0 Å². The van der Waals surface area contributed by atoms with Crippen LogP contribution in [-0.2, 0) is 4.79 Å². The van der Waals surface area contributed by atoms with Gasteiger partial charge >= 0.3 is 0 Å². The van der Waals surface area contributed by atoms with E-state index in [9.17, 15) is 9.90 Å². The van der Waals surface area contributed by atoms with Crippen LogP contribution in [0.3, 0.4) is 0 Å². The highest BCUT2D eigenvalue weighted by atomic mass is 16.3. The molecule has 0 heterocycles. The number of ketones is 1. The number of hydrogen-bond acceptors (Lipinski definition) is 2. The minimum Gasteiger partial charge on any atom is -0.390 e. The van der Waals surface area contributed by atoms with Gasteiger partial charge in [-0.3, -0.25) is 4.79 Å². The van der Waals surface area contributed by atoms with Crippen LogP contribution >= 0.6 is 0 Å². The van der Waals surface area contributed by atoms with Gasteiger partial charge in [-0.1, -0.05) is 13.8 Å². The van der Waals surface area contributed by atoms with Gasteiger partial charge in [0.2, 0.25) is 0 Å². The quantitative estimate of drug-likeness (QED) is 0.735. The summed E-state index contributed by atoms with van der Waals surface area (Å²) >= 11 is 0. The summed E-state index contributed by atoms with van der Waals surface area (Å²) in [6.45, 7) is 4.82. The maximum atomic E-state index is 12.4. The molecule has 5 saturated carbocycles. The molecule has 0 unspecified atom stereocenters. The highest BCUT2D eigenvalue weighted by Gasteiger charge is 2.67. The molecular weight excluding hydrogens is 272 g/mol. The number of hydrogen-bond donors (Lipinski definition) is 1. The van der Waals surface area contributed by atoms with Gasteiger partial charge < -0.3 is 5.11 Å². The molecule has 0 aromatic heterocycles. The molecule has 0 spiro atoms. The lowest BCUT2D eigenvalue weighted by Gasteiger charge is -2.59. The van der Waals surface area contributed by atoms with Crippen LogP contribution in [0, 0.1) is 40.4 Å². The van der Waals surface area contributed by atoms with E-state index in [2.05, 4.69) is 13.8 Å². The molecule has 0 bridgehead atoms. The first-order valence-corrected chi connectivity index (χ1v) is 9.62. The van der Waals surface area contributed by atoms with Gasteiger partial charge in [0.15, 0.2) is 0 Å². The molecule has 0 aliphatic heterocycles. The summed E-state index contributed by atoms with van der Waals surface area (Å²) < 4.78 is 0. The van der Waals surface area contributed by atoms with Gasteiger partial charge in [0, 0.05) is 11.8 Å². The Balaban J connectivity index is 1.48. The second-order valence-corrected chi connectivity index (χ2v) is 9.99. The Morgan fingerprint density at radius 2 is 1.73 bits per heavy atom. The van der Waals surface area contributed by atoms with Crippen molar-refractivity contribution in [2.24, 2.45) is 40.4 Å². The van der Waals surface area contributed by atoms with Gasteiger partial charge in [-0.25, -0.2) is 0 Å². The monoisotopic (exact) mass is 302 g/mol. The topological polar surface area (TPSA) is 37.3 Å². The van der Waals surface area contributed by atoms with Crippen molar-refractivity contribution >= 4 is 5.78 Å². The minimum absolute atomic E-state index is 0.0132. The first-order valence-electron chi connectivity index (χ1n) is 9.62. The molecule has 0 aromatic rings. The Kier molecular flexibility index (Phi) is 2.54. The zero-order valence-electron chi connectivity index (χ0n) is 14.1. The number of aliphatic hydroxyl groups is 1. The zero-order valence-corrected chi connectivity index (χ0v) is 14.1. The van der Waals surface area contributed by atoms with Crippen LogP contribution in [0.2, 0.25) is 0 Å². The second-order valence-electron chi connectivity index (χ2n) is 9.99. The number of fused-ring (bicyclic) bond motifs is 6. The van der Waals surface area contributed by atoms with E-state index in [4.69, 9.17) is 0 Å². The van der Waals surface area contributed by atoms with Crippen molar-refractivity contribution in [1.82, 2.24) is 0 Å². The Morgan fingerprint density at radius 3 is 2.55 bits per heavy atom. The summed E-state index contributed by atoms with van der Waals surface area (Å²) in [5.41, 5.74) is 0.187. The molecule has 0 amide bonds. The number of carbonyl (C=O) groups is 1. The molecule has 122 valence electrons. The average Bonchev–Trinajstić information content (AvgIpc) is 3.01. The third-order valence-corrected chi connectivity index (χ3v) is 9.26. The molecule has 1 N–H and O–H groups in total. The maximum absolute atomic E-state index is 12.4. The van der Waals surface area contributed by atoms with Gasteiger partial charge in [0.25, 0.3) is 0 Å². The summed E-state index contributed by atoms with van der Waals surface area (Å²) in [7, 11) is 0. The molecule has 5 aliphatic rings. The van der Waals surface area contributed by atoms with Crippen LogP contribution < -0.4 is 0 Å². The molecule has 0 aromatic carbocycles. The normalized spacial score (nSPS) is 62.7.